The molecule has 0 saturated heterocycles. The number of hydrazone groups is 1. The third kappa shape index (κ3) is 3.82. The molecular formula is C20H18FN5O. The number of nitrogens with zero attached hydrogens (tertiary/aromatic N) is 2. The van der Waals surface area contributed by atoms with E-state index < -0.39 is 6.04 Å². The van der Waals surface area contributed by atoms with Gasteiger partial charge in [-0.2, -0.15) is 5.10 Å². The predicted octanol–water partition coefficient (Wildman–Crippen LogP) is 4.07. The largest absolute Gasteiger partial charge is 0.342 e. The zero-order valence-electron chi connectivity index (χ0n) is 14.6. The molecule has 6 nitrogen and oxygen atoms in total. The van der Waals surface area contributed by atoms with E-state index in [1.807, 2.05) is 24.3 Å². The molecule has 0 fully saturated rings. The van der Waals surface area contributed by atoms with Crippen LogP contribution >= 0.6 is 0 Å². The summed E-state index contributed by atoms with van der Waals surface area (Å²) in [7, 11) is 0. The van der Waals surface area contributed by atoms with E-state index in [0.717, 1.165) is 21.9 Å². The Hall–Kier alpha value is -3.61. The Bertz CT molecular complexity index is 1030. The molecule has 1 unspecified atom stereocenters. The molecular weight excluding hydrogens is 345 g/mol. The number of hydrogen-bond donors (Lipinski definition) is 3. The van der Waals surface area contributed by atoms with Crippen LogP contribution in [-0.2, 0) is 0 Å². The molecule has 4 N–H and O–H groups in total. The molecule has 0 spiro atoms. The minimum absolute atomic E-state index is 0.0303. The minimum atomic E-state index is -0.582. The molecule has 3 rings (SSSR count). The van der Waals surface area contributed by atoms with Gasteiger partial charge in [0.1, 0.15) is 5.82 Å². The predicted molar refractivity (Wildman–Crippen MR) is 103 cm³/mol. The van der Waals surface area contributed by atoms with Gasteiger partial charge < -0.3 is 11.2 Å². The van der Waals surface area contributed by atoms with E-state index in [4.69, 9.17) is 11.4 Å². The van der Waals surface area contributed by atoms with E-state index >= 15 is 0 Å². The number of hydrogen-bond acceptors (Lipinski definition) is 4. The number of halogens is 1. The molecule has 7 heteroatoms. The second-order valence-electron chi connectivity index (χ2n) is 6.04. The maximum Gasteiger partial charge on any atom is 0.251 e. The summed E-state index contributed by atoms with van der Waals surface area (Å²) < 4.78 is 13.2. The highest BCUT2D eigenvalue weighted by molar-refractivity contribution is 6.04. The zero-order chi connectivity index (χ0) is 19.4. The fraction of sp³-hybridized carbons (Fsp3) is 0.100. The van der Waals surface area contributed by atoms with Gasteiger partial charge in [0.15, 0.2) is 5.84 Å². The van der Waals surface area contributed by atoms with Crippen molar-refractivity contribution < 1.29 is 9.18 Å². The summed E-state index contributed by atoms with van der Waals surface area (Å²) in [5.74, 6) is 4.58. The molecule has 0 aromatic heterocycles. The molecule has 3 aromatic carbocycles. The second-order valence-corrected chi connectivity index (χ2v) is 6.04. The van der Waals surface area contributed by atoms with Crippen LogP contribution in [0.25, 0.3) is 21.9 Å². The summed E-state index contributed by atoms with van der Waals surface area (Å²) in [5, 5.41) is 11.1. The SMILES string of the molecule is CC(NC(=O)c1ccc2c(-c3ccc(F)cc3)cccc2c1)/C(N=N)=N/N. The van der Waals surface area contributed by atoms with Gasteiger partial charge in [0.2, 0.25) is 0 Å². The number of rotatable bonds is 4. The molecule has 1 amide bonds. The summed E-state index contributed by atoms with van der Waals surface area (Å²) in [4.78, 5) is 12.5. The molecule has 27 heavy (non-hydrogen) atoms. The molecule has 0 aliphatic heterocycles. The monoisotopic (exact) mass is 363 g/mol. The first-order chi connectivity index (χ1) is 13.0. The lowest BCUT2D eigenvalue weighted by Gasteiger charge is -2.13. The third-order valence-corrected chi connectivity index (χ3v) is 4.28. The van der Waals surface area contributed by atoms with Crippen molar-refractivity contribution in [2.75, 3.05) is 0 Å². The highest BCUT2D eigenvalue weighted by atomic mass is 19.1. The van der Waals surface area contributed by atoms with Gasteiger partial charge in [0.25, 0.3) is 5.91 Å². The van der Waals surface area contributed by atoms with Crippen molar-refractivity contribution in [1.82, 2.24) is 5.32 Å². The van der Waals surface area contributed by atoms with E-state index in [0.29, 0.717) is 5.56 Å². The van der Waals surface area contributed by atoms with E-state index in [2.05, 4.69) is 15.5 Å². The number of amidine groups is 1. The van der Waals surface area contributed by atoms with Crippen molar-refractivity contribution >= 4 is 22.5 Å². The molecule has 0 saturated carbocycles. The van der Waals surface area contributed by atoms with Crippen molar-refractivity contribution in [2.24, 2.45) is 16.1 Å². The van der Waals surface area contributed by atoms with Crippen LogP contribution in [-0.4, -0.2) is 17.8 Å². The van der Waals surface area contributed by atoms with Gasteiger partial charge in [-0.05, 0) is 53.1 Å². The zero-order valence-corrected chi connectivity index (χ0v) is 14.6. The average Bonchev–Trinajstić information content (AvgIpc) is 2.68. The Morgan fingerprint density at radius 2 is 1.89 bits per heavy atom. The second kappa shape index (κ2) is 7.74. The standard InChI is InChI=1S/C20H18FN5O/c1-12(19(25-22)26-23)24-20(27)15-7-10-18-14(11-15)3-2-4-17(18)13-5-8-16(21)9-6-13/h2-12,22H,23H2,1H3,(H,24,27)/b25-22?,26-19-. The summed E-state index contributed by atoms with van der Waals surface area (Å²) in [6, 6.07) is 16.8. The number of benzene rings is 3. The van der Waals surface area contributed by atoms with Gasteiger partial charge in [0, 0.05) is 5.56 Å². The van der Waals surface area contributed by atoms with Gasteiger partial charge in [-0.25, -0.2) is 9.92 Å². The van der Waals surface area contributed by atoms with E-state index in [9.17, 15) is 9.18 Å². The lowest BCUT2D eigenvalue weighted by atomic mass is 9.97. The van der Waals surface area contributed by atoms with E-state index in [1.165, 1.54) is 12.1 Å². The molecule has 0 bridgehead atoms. The Kier molecular flexibility index (Phi) is 5.21. The van der Waals surface area contributed by atoms with Crippen molar-refractivity contribution in [3.8, 4) is 11.1 Å². The fourth-order valence-electron chi connectivity index (χ4n) is 2.89. The Labute approximate surface area is 155 Å². The quantitative estimate of drug-likeness (QED) is 0.214. The van der Waals surface area contributed by atoms with Crippen LogP contribution in [0.3, 0.4) is 0 Å². The van der Waals surface area contributed by atoms with Crippen LogP contribution < -0.4 is 11.2 Å². The fourth-order valence-corrected chi connectivity index (χ4v) is 2.89. The molecule has 0 aliphatic rings. The lowest BCUT2D eigenvalue weighted by Crippen LogP contribution is -2.38. The van der Waals surface area contributed by atoms with Crippen molar-refractivity contribution in [3.05, 3.63) is 72.0 Å². The number of fused-ring (bicyclic) bond motifs is 1. The molecule has 0 aliphatic carbocycles. The van der Waals surface area contributed by atoms with Gasteiger partial charge in [-0.15, -0.1) is 5.11 Å². The van der Waals surface area contributed by atoms with Gasteiger partial charge >= 0.3 is 0 Å². The summed E-state index contributed by atoms with van der Waals surface area (Å²) in [6.07, 6.45) is 0. The Morgan fingerprint density at radius 3 is 2.56 bits per heavy atom. The van der Waals surface area contributed by atoms with Crippen LogP contribution in [0.2, 0.25) is 0 Å². The number of amides is 1. The molecule has 1 atom stereocenters. The van der Waals surface area contributed by atoms with E-state index in [-0.39, 0.29) is 17.6 Å². The summed E-state index contributed by atoms with van der Waals surface area (Å²) >= 11 is 0. The Balaban J connectivity index is 1.93. The molecule has 0 heterocycles. The number of nitrogens with two attached hydrogens (primary N) is 1. The number of nitrogens with one attached hydrogen (secondary N) is 2. The first-order valence-corrected chi connectivity index (χ1v) is 8.28. The molecule has 136 valence electrons. The third-order valence-electron chi connectivity index (χ3n) is 4.28. The number of carbonyl (C=O) groups excluding carboxylic acids is 1. The van der Waals surface area contributed by atoms with Crippen LogP contribution in [0.4, 0.5) is 4.39 Å². The highest BCUT2D eigenvalue weighted by Crippen LogP contribution is 2.29. The maximum absolute atomic E-state index is 13.2. The minimum Gasteiger partial charge on any atom is -0.342 e. The van der Waals surface area contributed by atoms with Gasteiger partial charge in [-0.3, -0.25) is 4.79 Å². The number of carbonyl (C=O) groups is 1. The van der Waals surface area contributed by atoms with Crippen LogP contribution in [0.15, 0.2) is 70.9 Å². The van der Waals surface area contributed by atoms with Crippen molar-refractivity contribution in [3.63, 3.8) is 0 Å². The van der Waals surface area contributed by atoms with Crippen molar-refractivity contribution in [1.29, 1.82) is 5.53 Å². The average molecular weight is 363 g/mol. The van der Waals surface area contributed by atoms with Crippen molar-refractivity contribution in [2.45, 2.75) is 13.0 Å². The lowest BCUT2D eigenvalue weighted by molar-refractivity contribution is 0.0949. The van der Waals surface area contributed by atoms with Gasteiger partial charge in [0.05, 0.1) is 6.04 Å². The van der Waals surface area contributed by atoms with Crippen LogP contribution in [0.5, 0.6) is 0 Å². The smallest absolute Gasteiger partial charge is 0.251 e. The first-order valence-electron chi connectivity index (χ1n) is 8.28. The first kappa shape index (κ1) is 18.2. The van der Waals surface area contributed by atoms with Crippen LogP contribution in [0, 0.1) is 11.3 Å². The summed E-state index contributed by atoms with van der Waals surface area (Å²) in [6.45, 7) is 1.65. The van der Waals surface area contributed by atoms with E-state index in [1.54, 1.807) is 31.2 Å². The molecule has 3 aromatic rings. The summed E-state index contributed by atoms with van der Waals surface area (Å²) in [5.41, 5.74) is 9.32. The Morgan fingerprint density at radius 1 is 1.15 bits per heavy atom. The maximum atomic E-state index is 13.2. The topological polar surface area (TPSA) is 104 Å². The van der Waals surface area contributed by atoms with Crippen LogP contribution in [0.1, 0.15) is 17.3 Å². The van der Waals surface area contributed by atoms with Gasteiger partial charge in [-0.1, -0.05) is 36.4 Å². The normalized spacial score (nSPS) is 12.6. The molecule has 0 radical (unpaired) electrons. The highest BCUT2D eigenvalue weighted by Gasteiger charge is 2.15.